The number of hydrogen-bond donors (Lipinski definition) is 0. The van der Waals surface area contributed by atoms with Crippen LogP contribution in [0.15, 0.2) is 4.52 Å². The Morgan fingerprint density at radius 3 is 2.27 bits per heavy atom. The van der Waals surface area contributed by atoms with E-state index in [4.69, 9.17) is 4.52 Å². The zero-order chi connectivity index (χ0) is 19.2. The fraction of sp³-hybridized carbons (Fsp3) is 0.688. The molecule has 2 fully saturated rings. The van der Waals surface area contributed by atoms with E-state index < -0.39 is 21.9 Å². The first kappa shape index (κ1) is 18.7. The SMILES string of the molecule is Cc1noc(C)c1CC(=O)N1CCN(C(=O)N(C)C)[C@H]2CS(=O)(=O)C[C@H]21. The van der Waals surface area contributed by atoms with Gasteiger partial charge in [0, 0.05) is 32.7 Å². The van der Waals surface area contributed by atoms with Crippen LogP contribution in [-0.2, 0) is 21.1 Å². The van der Waals surface area contributed by atoms with Gasteiger partial charge in [-0.1, -0.05) is 5.16 Å². The first-order valence-electron chi connectivity index (χ1n) is 8.50. The van der Waals surface area contributed by atoms with Gasteiger partial charge in [-0.3, -0.25) is 4.79 Å². The molecule has 0 spiro atoms. The molecule has 0 aliphatic carbocycles. The number of piperazine rings is 1. The fourth-order valence-electron chi connectivity index (χ4n) is 3.76. The number of urea groups is 1. The summed E-state index contributed by atoms with van der Waals surface area (Å²) in [5.74, 6) is 0.213. The van der Waals surface area contributed by atoms with Crippen molar-refractivity contribution >= 4 is 21.8 Å². The van der Waals surface area contributed by atoms with E-state index in [1.165, 1.54) is 4.90 Å². The topological polar surface area (TPSA) is 104 Å². The smallest absolute Gasteiger partial charge is 0.319 e. The zero-order valence-electron chi connectivity index (χ0n) is 15.4. The molecular formula is C16H24N4O5S. The van der Waals surface area contributed by atoms with Gasteiger partial charge in [0.15, 0.2) is 9.84 Å². The van der Waals surface area contributed by atoms with E-state index in [1.807, 2.05) is 0 Å². The lowest BCUT2D eigenvalue weighted by Crippen LogP contribution is -2.63. The summed E-state index contributed by atoms with van der Waals surface area (Å²) >= 11 is 0. The standard InChI is InChI=1S/C16H24N4O5S/c1-10-12(11(2)25-17-10)7-15(21)19-5-6-20(16(22)18(3)4)14-9-26(23,24)8-13(14)19/h13-14H,5-9H2,1-4H3/t13-,14+/m1/s1. The molecule has 3 heterocycles. The summed E-state index contributed by atoms with van der Waals surface area (Å²) < 4.78 is 29.5. The monoisotopic (exact) mass is 384 g/mol. The number of aryl methyl sites for hydroxylation is 2. The minimum Gasteiger partial charge on any atom is -0.361 e. The third kappa shape index (κ3) is 3.29. The Bertz CT molecular complexity index is 812. The maximum Gasteiger partial charge on any atom is 0.319 e. The molecule has 1 aromatic rings. The first-order chi connectivity index (χ1) is 12.1. The van der Waals surface area contributed by atoms with Crippen LogP contribution in [0.4, 0.5) is 4.79 Å². The van der Waals surface area contributed by atoms with Crippen LogP contribution in [-0.4, -0.2) is 91.0 Å². The van der Waals surface area contributed by atoms with Crippen LogP contribution in [0.5, 0.6) is 0 Å². The molecule has 2 aliphatic rings. The second-order valence-electron chi connectivity index (χ2n) is 7.15. The Hall–Kier alpha value is -2.10. The fourth-order valence-corrected chi connectivity index (χ4v) is 5.75. The van der Waals surface area contributed by atoms with Crippen molar-refractivity contribution in [2.45, 2.75) is 32.4 Å². The van der Waals surface area contributed by atoms with Crippen LogP contribution in [0.3, 0.4) is 0 Å². The molecule has 0 saturated carbocycles. The summed E-state index contributed by atoms with van der Waals surface area (Å²) in [5, 5.41) is 3.86. The molecule has 2 aliphatic heterocycles. The van der Waals surface area contributed by atoms with Gasteiger partial charge in [-0.05, 0) is 13.8 Å². The number of hydrogen-bond acceptors (Lipinski definition) is 6. The molecule has 3 amide bonds. The number of carbonyl (C=O) groups excluding carboxylic acids is 2. The third-order valence-corrected chi connectivity index (χ3v) is 6.83. The van der Waals surface area contributed by atoms with Crippen molar-refractivity contribution in [2.75, 3.05) is 38.7 Å². The average Bonchev–Trinajstić information content (AvgIpc) is 3.05. The van der Waals surface area contributed by atoms with Gasteiger partial charge < -0.3 is 19.2 Å². The minimum atomic E-state index is -3.30. The van der Waals surface area contributed by atoms with Crippen molar-refractivity contribution in [3.05, 3.63) is 17.0 Å². The Morgan fingerprint density at radius 2 is 1.73 bits per heavy atom. The predicted molar refractivity (Wildman–Crippen MR) is 93.4 cm³/mol. The van der Waals surface area contributed by atoms with Gasteiger partial charge >= 0.3 is 6.03 Å². The molecule has 1 aromatic heterocycles. The molecule has 10 heteroatoms. The number of nitrogens with zero attached hydrogens (tertiary/aromatic N) is 4. The molecule has 3 rings (SSSR count). The van der Waals surface area contributed by atoms with Crippen LogP contribution in [0.1, 0.15) is 17.0 Å². The quantitative estimate of drug-likeness (QED) is 0.701. The van der Waals surface area contributed by atoms with Crippen LogP contribution < -0.4 is 0 Å². The van der Waals surface area contributed by atoms with Gasteiger partial charge in [0.2, 0.25) is 5.91 Å². The average molecular weight is 384 g/mol. The van der Waals surface area contributed by atoms with E-state index in [1.54, 1.807) is 37.7 Å². The lowest BCUT2D eigenvalue weighted by Gasteiger charge is -2.44. The van der Waals surface area contributed by atoms with Crippen LogP contribution in [0.25, 0.3) is 0 Å². The summed E-state index contributed by atoms with van der Waals surface area (Å²) in [7, 11) is -0.0335. The van der Waals surface area contributed by atoms with Crippen molar-refractivity contribution in [3.8, 4) is 0 Å². The highest BCUT2D eigenvalue weighted by atomic mass is 32.2. The van der Waals surface area contributed by atoms with Gasteiger partial charge in [-0.2, -0.15) is 0 Å². The highest BCUT2D eigenvalue weighted by molar-refractivity contribution is 7.91. The zero-order valence-corrected chi connectivity index (χ0v) is 16.2. The van der Waals surface area contributed by atoms with Gasteiger partial charge in [0.05, 0.1) is 35.7 Å². The van der Waals surface area contributed by atoms with E-state index in [-0.39, 0.29) is 29.9 Å². The van der Waals surface area contributed by atoms with Crippen molar-refractivity contribution in [2.24, 2.45) is 0 Å². The molecule has 144 valence electrons. The molecule has 2 saturated heterocycles. The lowest BCUT2D eigenvalue weighted by molar-refractivity contribution is -0.135. The second-order valence-corrected chi connectivity index (χ2v) is 9.30. The number of fused-ring (bicyclic) bond motifs is 1. The Kier molecular flexibility index (Phi) is 4.72. The molecular weight excluding hydrogens is 360 g/mol. The van der Waals surface area contributed by atoms with E-state index in [0.29, 0.717) is 24.5 Å². The first-order valence-corrected chi connectivity index (χ1v) is 10.3. The summed E-state index contributed by atoms with van der Waals surface area (Å²) in [4.78, 5) is 29.9. The number of amides is 3. The molecule has 0 aromatic carbocycles. The summed E-state index contributed by atoms with van der Waals surface area (Å²) in [6.07, 6.45) is 0.117. The number of rotatable bonds is 2. The van der Waals surface area contributed by atoms with Crippen LogP contribution >= 0.6 is 0 Å². The maximum absolute atomic E-state index is 12.9. The van der Waals surface area contributed by atoms with Crippen LogP contribution in [0, 0.1) is 13.8 Å². The van der Waals surface area contributed by atoms with Crippen molar-refractivity contribution in [1.82, 2.24) is 19.9 Å². The van der Waals surface area contributed by atoms with Crippen molar-refractivity contribution in [1.29, 1.82) is 0 Å². The Labute approximate surface area is 152 Å². The largest absolute Gasteiger partial charge is 0.361 e. The molecule has 0 bridgehead atoms. The predicted octanol–water partition coefficient (Wildman–Crippen LogP) is -0.175. The van der Waals surface area contributed by atoms with Gasteiger partial charge in [0.25, 0.3) is 0 Å². The molecule has 9 nitrogen and oxygen atoms in total. The van der Waals surface area contributed by atoms with E-state index >= 15 is 0 Å². The normalized spacial score (nSPS) is 24.5. The molecule has 0 unspecified atom stereocenters. The highest BCUT2D eigenvalue weighted by Gasteiger charge is 2.49. The second kappa shape index (κ2) is 6.57. The molecule has 26 heavy (non-hydrogen) atoms. The number of carbonyl (C=O) groups is 2. The van der Waals surface area contributed by atoms with Crippen LogP contribution in [0.2, 0.25) is 0 Å². The minimum absolute atomic E-state index is 0.105. The lowest BCUT2D eigenvalue weighted by atomic mass is 10.0. The number of sulfone groups is 1. The maximum atomic E-state index is 12.9. The molecule has 0 N–H and O–H groups in total. The van der Waals surface area contributed by atoms with E-state index in [2.05, 4.69) is 5.16 Å². The van der Waals surface area contributed by atoms with Gasteiger partial charge in [-0.15, -0.1) is 0 Å². The van der Waals surface area contributed by atoms with Crippen molar-refractivity contribution < 1.29 is 22.5 Å². The van der Waals surface area contributed by atoms with Gasteiger partial charge in [0.1, 0.15) is 5.76 Å². The highest BCUT2D eigenvalue weighted by Crippen LogP contribution is 2.28. The Balaban J connectivity index is 1.84. The van der Waals surface area contributed by atoms with E-state index in [9.17, 15) is 18.0 Å². The Morgan fingerprint density at radius 1 is 1.15 bits per heavy atom. The van der Waals surface area contributed by atoms with Gasteiger partial charge in [-0.25, -0.2) is 13.2 Å². The summed E-state index contributed by atoms with van der Waals surface area (Å²) in [5.41, 5.74) is 1.40. The van der Waals surface area contributed by atoms with Crippen molar-refractivity contribution in [3.63, 3.8) is 0 Å². The van der Waals surface area contributed by atoms with E-state index in [0.717, 1.165) is 5.56 Å². The summed E-state index contributed by atoms with van der Waals surface area (Å²) in [6.45, 7) is 4.16. The third-order valence-electron chi connectivity index (χ3n) is 5.13. The molecule has 0 radical (unpaired) electrons. The molecule has 2 atom stereocenters. The summed E-state index contributed by atoms with van der Waals surface area (Å²) in [6, 6.07) is -1.24. The number of aromatic nitrogens is 1.